The minimum atomic E-state index is -0.878. The Hall–Kier alpha value is -7.88. The molecular weight excluding hydrogens is 1120 g/mol. The lowest BCUT2D eigenvalue weighted by molar-refractivity contribution is -0.138. The topological polar surface area (TPSA) is 200 Å². The summed E-state index contributed by atoms with van der Waals surface area (Å²) >= 11 is 0. The quantitative estimate of drug-likeness (QED) is 0.00760. The van der Waals surface area contributed by atoms with Crippen molar-refractivity contribution in [3.63, 3.8) is 0 Å². The number of ether oxygens (including phenoxy) is 8. The number of amides is 2. The number of rotatable bonds is 29. The summed E-state index contributed by atoms with van der Waals surface area (Å²) < 4.78 is 44.0. The van der Waals surface area contributed by atoms with E-state index < -0.39 is 35.1 Å². The largest absolute Gasteiger partial charge is 0.519 e. The summed E-state index contributed by atoms with van der Waals surface area (Å²) in [7, 11) is 0. The van der Waals surface area contributed by atoms with Gasteiger partial charge in [0.25, 0.3) is 0 Å². The summed E-state index contributed by atoms with van der Waals surface area (Å²) in [5.41, 5.74) is 2.52. The first kappa shape index (κ1) is 69.2. The minimum Gasteiger partial charge on any atom is -0.494 e. The van der Waals surface area contributed by atoms with Gasteiger partial charge in [-0.05, 0) is 176 Å². The number of unbranched alkanes of at least 4 members (excludes halogenated alkanes) is 2. The van der Waals surface area contributed by atoms with Gasteiger partial charge in [0.2, 0.25) is 0 Å². The van der Waals surface area contributed by atoms with E-state index in [1.807, 2.05) is 48.5 Å². The van der Waals surface area contributed by atoms with Crippen molar-refractivity contribution in [1.29, 1.82) is 0 Å². The maximum absolute atomic E-state index is 13.2. The molecule has 0 aromatic heterocycles. The average molecular weight is 1210 g/mol. The molecular formula is C72H94N2O14. The van der Waals surface area contributed by atoms with Crippen molar-refractivity contribution in [1.82, 2.24) is 10.6 Å². The fourth-order valence-electron chi connectivity index (χ4n) is 13.0. The standard InChI is InChI=1S/C72H94N2O14/c1-14-50(3)81-40-16-18-42-83-64(78)73-55-44-67(4,5)48-71(12,46-55)38-36-62(76)85-57-28-20-51(21-29-57)69(8,9)53-24-32-59(33-25-53)87-66(80)88-60-34-26-54(27-35-60)70(10,11)52-22-30-58(31-23-52)86-63(77)37-39-72(13)47-56(45-68(6,7)49-72)74-65(79)84-43-19-17-41-82-61(75)15-2/h14-15,20-35,55-56H,1-3,16-19,36-49H2,4-13H3,(H,73,78)(H,74,79). The van der Waals surface area contributed by atoms with E-state index in [-0.39, 0.29) is 71.7 Å². The molecule has 476 valence electrons. The number of allylic oxidation sites excluding steroid dienone is 1. The second-order valence-electron chi connectivity index (χ2n) is 27.1. The number of benzene rings is 4. The number of esters is 3. The Labute approximate surface area is 521 Å². The number of hydrogen-bond acceptors (Lipinski definition) is 14. The van der Waals surface area contributed by atoms with Gasteiger partial charge in [-0.3, -0.25) is 9.59 Å². The molecule has 4 aromatic rings. The van der Waals surface area contributed by atoms with Gasteiger partial charge < -0.3 is 48.5 Å². The molecule has 4 atom stereocenters. The molecule has 0 bridgehead atoms. The zero-order chi connectivity index (χ0) is 64.3. The van der Waals surface area contributed by atoms with E-state index >= 15 is 0 Å². The Morgan fingerprint density at radius 1 is 0.466 bits per heavy atom. The molecule has 88 heavy (non-hydrogen) atoms. The maximum Gasteiger partial charge on any atom is 0.519 e. The molecule has 0 spiro atoms. The van der Waals surface area contributed by atoms with Crippen molar-refractivity contribution in [3.8, 4) is 23.0 Å². The van der Waals surface area contributed by atoms with Crippen LogP contribution >= 0.6 is 0 Å². The highest BCUT2D eigenvalue weighted by molar-refractivity contribution is 5.81. The van der Waals surface area contributed by atoms with Crippen molar-refractivity contribution in [2.24, 2.45) is 21.7 Å². The van der Waals surface area contributed by atoms with E-state index in [0.29, 0.717) is 80.5 Å². The van der Waals surface area contributed by atoms with Crippen molar-refractivity contribution in [2.75, 3.05) is 26.4 Å². The summed E-state index contributed by atoms with van der Waals surface area (Å²) in [5.74, 6) is 0.941. The van der Waals surface area contributed by atoms with Crippen LogP contribution in [0.2, 0.25) is 0 Å². The molecule has 0 radical (unpaired) electrons. The van der Waals surface area contributed by atoms with Gasteiger partial charge >= 0.3 is 36.2 Å². The van der Waals surface area contributed by atoms with E-state index in [0.717, 1.165) is 66.9 Å². The van der Waals surface area contributed by atoms with Crippen LogP contribution in [0.1, 0.15) is 181 Å². The first-order valence-corrected chi connectivity index (χ1v) is 30.8. The Balaban J connectivity index is 0.910. The van der Waals surface area contributed by atoms with Crippen molar-refractivity contribution in [3.05, 3.63) is 157 Å². The molecule has 2 fully saturated rings. The zero-order valence-electron chi connectivity index (χ0n) is 53.6. The Bertz CT molecular complexity index is 2830. The van der Waals surface area contributed by atoms with E-state index in [4.69, 9.17) is 37.9 Å². The SMILES string of the molecule is C=CC(=C)OCCCCOC(=O)NC1CC(C)(C)CC(C)(CCC(=O)Oc2ccc(C(C)(C)c3ccc(OC(=O)Oc4ccc(C(C)(C)c5ccc(OC(=O)CCC6(C)CC(NC(=O)OCCCCOC(=O)C=C)CC(C)(C)C6)cc5)cc4)cc3)cc2)C1. The zero-order valence-corrected chi connectivity index (χ0v) is 53.6. The normalized spacial score (nSPS) is 19.5. The Morgan fingerprint density at radius 2 is 0.784 bits per heavy atom. The third-order valence-electron chi connectivity index (χ3n) is 17.0. The van der Waals surface area contributed by atoms with E-state index in [1.165, 1.54) is 0 Å². The van der Waals surface area contributed by atoms with E-state index in [2.05, 4.69) is 99.6 Å². The molecule has 2 N–H and O–H groups in total. The lowest BCUT2D eigenvalue weighted by atomic mass is 9.61. The van der Waals surface area contributed by atoms with Gasteiger partial charge in [-0.15, -0.1) is 0 Å². The molecule has 2 aliphatic carbocycles. The Morgan fingerprint density at radius 3 is 1.11 bits per heavy atom. The van der Waals surface area contributed by atoms with Gasteiger partial charge in [-0.1, -0.05) is 138 Å². The lowest BCUT2D eigenvalue weighted by Crippen LogP contribution is -2.47. The van der Waals surface area contributed by atoms with Gasteiger partial charge in [0.1, 0.15) is 28.8 Å². The lowest BCUT2D eigenvalue weighted by Gasteiger charge is -2.46. The third kappa shape index (κ3) is 21.8. The fourth-order valence-corrected chi connectivity index (χ4v) is 13.0. The van der Waals surface area contributed by atoms with Crippen LogP contribution in [0.5, 0.6) is 23.0 Å². The molecule has 6 rings (SSSR count). The second-order valence-corrected chi connectivity index (χ2v) is 27.1. The molecule has 0 aliphatic heterocycles. The molecule has 4 aromatic carbocycles. The number of nitrogens with one attached hydrogen (secondary N) is 2. The predicted octanol–water partition coefficient (Wildman–Crippen LogP) is 15.9. The number of alkyl carbamates (subject to hydrolysis) is 2. The average Bonchev–Trinajstić information content (AvgIpc) is 3.14. The summed E-state index contributed by atoms with van der Waals surface area (Å²) in [5, 5.41) is 6.11. The van der Waals surface area contributed by atoms with Crippen LogP contribution in [0.25, 0.3) is 0 Å². The molecule has 2 amide bonds. The monoisotopic (exact) mass is 1210 g/mol. The minimum absolute atomic E-state index is 0.0423. The molecule has 2 aliphatic rings. The number of carbonyl (C=O) groups is 6. The highest BCUT2D eigenvalue weighted by Gasteiger charge is 2.43. The van der Waals surface area contributed by atoms with Crippen LogP contribution in [0.3, 0.4) is 0 Å². The number of carbonyl (C=O) groups excluding carboxylic acids is 6. The van der Waals surface area contributed by atoms with Crippen LogP contribution < -0.4 is 29.6 Å². The van der Waals surface area contributed by atoms with Crippen LogP contribution in [0, 0.1) is 21.7 Å². The van der Waals surface area contributed by atoms with Crippen molar-refractivity contribution >= 4 is 36.2 Å². The molecule has 2 saturated carbocycles. The molecule has 0 heterocycles. The first-order chi connectivity index (χ1) is 41.5. The predicted molar refractivity (Wildman–Crippen MR) is 339 cm³/mol. The second kappa shape index (κ2) is 30.8. The number of hydrogen-bond donors (Lipinski definition) is 2. The molecule has 16 heteroatoms. The summed E-state index contributed by atoms with van der Waals surface area (Å²) in [6.45, 7) is 33.4. The molecule has 0 saturated heterocycles. The molecule has 16 nitrogen and oxygen atoms in total. The highest BCUT2D eigenvalue weighted by Crippen LogP contribution is 2.50. The smallest absolute Gasteiger partial charge is 0.494 e. The van der Waals surface area contributed by atoms with Crippen LogP contribution in [0.15, 0.2) is 135 Å². The summed E-state index contributed by atoms with van der Waals surface area (Å²) in [6, 6.07) is 29.3. The Kier molecular flexibility index (Phi) is 24.3. The van der Waals surface area contributed by atoms with E-state index in [1.54, 1.807) is 54.6 Å². The van der Waals surface area contributed by atoms with Gasteiger partial charge in [-0.25, -0.2) is 19.2 Å². The van der Waals surface area contributed by atoms with Gasteiger partial charge in [0.15, 0.2) is 0 Å². The van der Waals surface area contributed by atoms with Crippen LogP contribution in [-0.4, -0.2) is 74.8 Å². The molecule has 4 unspecified atom stereocenters. The van der Waals surface area contributed by atoms with Crippen LogP contribution in [-0.2, 0) is 44.2 Å². The van der Waals surface area contributed by atoms with Crippen LogP contribution in [0.4, 0.5) is 14.4 Å². The highest BCUT2D eigenvalue weighted by atomic mass is 16.7. The van der Waals surface area contributed by atoms with Gasteiger partial charge in [0, 0.05) is 41.8 Å². The van der Waals surface area contributed by atoms with E-state index in [9.17, 15) is 28.8 Å². The third-order valence-corrected chi connectivity index (χ3v) is 17.0. The van der Waals surface area contributed by atoms with Crippen molar-refractivity contribution < 1.29 is 66.7 Å². The first-order valence-electron chi connectivity index (χ1n) is 30.8. The summed E-state index contributed by atoms with van der Waals surface area (Å²) in [6.07, 6.45) is 9.92. The maximum atomic E-state index is 13.2. The summed E-state index contributed by atoms with van der Waals surface area (Å²) in [4.78, 5) is 76.0. The van der Waals surface area contributed by atoms with Gasteiger partial charge in [0.05, 0.1) is 26.4 Å². The van der Waals surface area contributed by atoms with Gasteiger partial charge in [-0.2, -0.15) is 0 Å². The fraction of sp³-hybridized carbons (Fsp3) is 0.500. The van der Waals surface area contributed by atoms with Crippen molar-refractivity contribution in [2.45, 2.75) is 182 Å².